The molecular weight excluding hydrogens is 222 g/mol. The van der Waals surface area contributed by atoms with Crippen molar-refractivity contribution in [3.05, 3.63) is 35.5 Å². The maximum absolute atomic E-state index is 4.28. The first kappa shape index (κ1) is 12.7. The summed E-state index contributed by atoms with van der Waals surface area (Å²) in [5, 5.41) is 3.01. The quantitative estimate of drug-likeness (QED) is 0.844. The number of rotatable bonds is 2. The lowest BCUT2D eigenvalue weighted by Crippen LogP contribution is -2.11. The molecule has 0 fully saturated rings. The van der Waals surface area contributed by atoms with E-state index in [-0.39, 0.29) is 5.41 Å². The van der Waals surface area contributed by atoms with Crippen LogP contribution in [0.1, 0.15) is 31.9 Å². The van der Waals surface area contributed by atoms with Gasteiger partial charge in [-0.15, -0.1) is 0 Å². The second kappa shape index (κ2) is 4.48. The van der Waals surface area contributed by atoms with Gasteiger partial charge in [0, 0.05) is 12.6 Å². The predicted octanol–water partition coefficient (Wildman–Crippen LogP) is 3.72. The number of nitrogens with one attached hydrogen (secondary N) is 2. The SMILES string of the molecule is CNc1ncc(-c2cc(C(C)(C)C)ccc2C)[nH]1. The number of hydrogen-bond donors (Lipinski definition) is 2. The lowest BCUT2D eigenvalue weighted by atomic mass is 9.85. The van der Waals surface area contributed by atoms with Crippen LogP contribution in [-0.4, -0.2) is 17.0 Å². The number of hydrogen-bond acceptors (Lipinski definition) is 2. The fourth-order valence-corrected chi connectivity index (χ4v) is 1.96. The van der Waals surface area contributed by atoms with E-state index in [4.69, 9.17) is 0 Å². The number of anilines is 1. The summed E-state index contributed by atoms with van der Waals surface area (Å²) in [6.45, 7) is 8.82. The van der Waals surface area contributed by atoms with Gasteiger partial charge in [0.15, 0.2) is 5.95 Å². The van der Waals surface area contributed by atoms with Crippen LogP contribution in [-0.2, 0) is 5.41 Å². The smallest absolute Gasteiger partial charge is 0.200 e. The fourth-order valence-electron chi connectivity index (χ4n) is 1.96. The number of aromatic nitrogens is 2. The van der Waals surface area contributed by atoms with Crippen LogP contribution in [0, 0.1) is 6.92 Å². The minimum absolute atomic E-state index is 0.161. The third-order valence-corrected chi connectivity index (χ3v) is 3.21. The van der Waals surface area contributed by atoms with E-state index >= 15 is 0 Å². The molecule has 2 N–H and O–H groups in total. The zero-order chi connectivity index (χ0) is 13.3. The number of H-pyrrole nitrogens is 1. The highest BCUT2D eigenvalue weighted by atomic mass is 15.1. The molecule has 2 aromatic rings. The summed E-state index contributed by atoms with van der Waals surface area (Å²) in [5.74, 6) is 0.797. The first-order valence-electron chi connectivity index (χ1n) is 6.26. The highest BCUT2D eigenvalue weighted by Crippen LogP contribution is 2.29. The van der Waals surface area contributed by atoms with E-state index in [9.17, 15) is 0 Å². The Labute approximate surface area is 109 Å². The van der Waals surface area contributed by atoms with Crippen molar-refractivity contribution in [1.82, 2.24) is 9.97 Å². The molecule has 0 aliphatic rings. The zero-order valence-electron chi connectivity index (χ0n) is 11.8. The molecule has 0 saturated carbocycles. The number of benzene rings is 1. The van der Waals surface area contributed by atoms with Crippen molar-refractivity contribution >= 4 is 5.95 Å². The molecule has 1 aromatic heterocycles. The Bertz CT molecular complexity index is 547. The largest absolute Gasteiger partial charge is 0.359 e. The molecule has 0 aliphatic heterocycles. The molecule has 3 heteroatoms. The van der Waals surface area contributed by atoms with Crippen LogP contribution < -0.4 is 5.32 Å². The van der Waals surface area contributed by atoms with Gasteiger partial charge >= 0.3 is 0 Å². The van der Waals surface area contributed by atoms with E-state index in [2.05, 4.69) is 61.2 Å². The maximum atomic E-state index is 4.28. The zero-order valence-corrected chi connectivity index (χ0v) is 11.8. The van der Waals surface area contributed by atoms with Crippen molar-refractivity contribution in [2.24, 2.45) is 0 Å². The molecule has 0 unspecified atom stereocenters. The van der Waals surface area contributed by atoms with E-state index in [1.807, 2.05) is 13.2 Å². The van der Waals surface area contributed by atoms with Crippen molar-refractivity contribution < 1.29 is 0 Å². The molecule has 96 valence electrons. The second-order valence-corrected chi connectivity index (χ2v) is 5.68. The summed E-state index contributed by atoms with van der Waals surface area (Å²) in [4.78, 5) is 7.55. The average Bonchev–Trinajstić information content (AvgIpc) is 2.76. The van der Waals surface area contributed by atoms with Gasteiger partial charge in [-0.25, -0.2) is 4.98 Å². The van der Waals surface area contributed by atoms with E-state index in [1.165, 1.54) is 16.7 Å². The highest BCUT2D eigenvalue weighted by Gasteiger charge is 2.15. The van der Waals surface area contributed by atoms with Crippen LogP contribution in [0.25, 0.3) is 11.3 Å². The number of nitrogens with zero attached hydrogens (tertiary/aromatic N) is 1. The Balaban J connectivity index is 2.49. The molecule has 0 radical (unpaired) electrons. The molecule has 18 heavy (non-hydrogen) atoms. The molecule has 0 bridgehead atoms. The van der Waals surface area contributed by atoms with Crippen LogP contribution in [0.5, 0.6) is 0 Å². The molecular formula is C15H21N3. The Morgan fingerprint density at radius 1 is 1.22 bits per heavy atom. The summed E-state index contributed by atoms with van der Waals surface area (Å²) in [6, 6.07) is 6.63. The van der Waals surface area contributed by atoms with Gasteiger partial charge in [0.25, 0.3) is 0 Å². The molecule has 0 spiro atoms. The number of imidazole rings is 1. The minimum atomic E-state index is 0.161. The maximum Gasteiger partial charge on any atom is 0.200 e. The van der Waals surface area contributed by atoms with Gasteiger partial charge in [-0.3, -0.25) is 0 Å². The summed E-state index contributed by atoms with van der Waals surface area (Å²) >= 11 is 0. The number of aromatic amines is 1. The van der Waals surface area contributed by atoms with Crippen LogP contribution in [0.3, 0.4) is 0 Å². The minimum Gasteiger partial charge on any atom is -0.359 e. The van der Waals surface area contributed by atoms with Gasteiger partial charge in [-0.1, -0.05) is 32.9 Å². The molecule has 1 aromatic carbocycles. The van der Waals surface area contributed by atoms with Crippen molar-refractivity contribution in [1.29, 1.82) is 0 Å². The van der Waals surface area contributed by atoms with Crippen molar-refractivity contribution in [3.63, 3.8) is 0 Å². The lowest BCUT2D eigenvalue weighted by molar-refractivity contribution is 0.590. The van der Waals surface area contributed by atoms with Crippen molar-refractivity contribution in [2.75, 3.05) is 12.4 Å². The van der Waals surface area contributed by atoms with Crippen LogP contribution in [0.4, 0.5) is 5.95 Å². The second-order valence-electron chi connectivity index (χ2n) is 5.68. The normalized spacial score (nSPS) is 11.6. The van der Waals surface area contributed by atoms with Gasteiger partial charge < -0.3 is 10.3 Å². The lowest BCUT2D eigenvalue weighted by Gasteiger charge is -2.20. The summed E-state index contributed by atoms with van der Waals surface area (Å²) in [7, 11) is 1.86. The van der Waals surface area contributed by atoms with E-state index in [1.54, 1.807) is 0 Å². The summed E-state index contributed by atoms with van der Waals surface area (Å²) < 4.78 is 0. The van der Waals surface area contributed by atoms with Crippen LogP contribution in [0.15, 0.2) is 24.4 Å². The van der Waals surface area contributed by atoms with E-state index in [0.717, 1.165) is 11.6 Å². The standard InChI is InChI=1S/C15H21N3/c1-10-6-7-11(15(2,3)4)8-12(10)13-9-17-14(16-5)18-13/h6-9H,1-5H3,(H2,16,17,18). The highest BCUT2D eigenvalue weighted by molar-refractivity contribution is 5.65. The Morgan fingerprint density at radius 3 is 2.50 bits per heavy atom. The molecule has 0 atom stereocenters. The fraction of sp³-hybridized carbons (Fsp3) is 0.400. The molecule has 0 saturated heterocycles. The van der Waals surface area contributed by atoms with Crippen LogP contribution in [0.2, 0.25) is 0 Å². The van der Waals surface area contributed by atoms with E-state index < -0.39 is 0 Å². The summed E-state index contributed by atoms with van der Waals surface area (Å²) in [5.41, 5.74) is 5.03. The van der Waals surface area contributed by atoms with Gasteiger partial charge in [-0.05, 0) is 29.5 Å². The first-order valence-corrected chi connectivity index (χ1v) is 6.26. The number of aryl methyl sites for hydroxylation is 1. The molecule has 2 rings (SSSR count). The topological polar surface area (TPSA) is 40.7 Å². The van der Waals surface area contributed by atoms with Crippen molar-refractivity contribution in [2.45, 2.75) is 33.1 Å². The monoisotopic (exact) mass is 243 g/mol. The summed E-state index contributed by atoms with van der Waals surface area (Å²) in [6.07, 6.45) is 1.88. The third-order valence-electron chi connectivity index (χ3n) is 3.21. The molecule has 3 nitrogen and oxygen atoms in total. The Kier molecular flexibility index (Phi) is 3.16. The van der Waals surface area contributed by atoms with Gasteiger partial charge in [0.1, 0.15) is 0 Å². The van der Waals surface area contributed by atoms with Crippen LogP contribution >= 0.6 is 0 Å². The third kappa shape index (κ3) is 2.40. The van der Waals surface area contributed by atoms with E-state index in [0.29, 0.717) is 0 Å². The Hall–Kier alpha value is -1.77. The van der Waals surface area contributed by atoms with Crippen molar-refractivity contribution in [3.8, 4) is 11.3 Å². The molecule has 1 heterocycles. The van der Waals surface area contributed by atoms with Gasteiger partial charge in [0.05, 0.1) is 11.9 Å². The average molecular weight is 243 g/mol. The van der Waals surface area contributed by atoms with Gasteiger partial charge in [-0.2, -0.15) is 0 Å². The molecule has 0 amide bonds. The Morgan fingerprint density at radius 2 is 1.94 bits per heavy atom. The molecule has 0 aliphatic carbocycles. The first-order chi connectivity index (χ1) is 8.41. The predicted molar refractivity (Wildman–Crippen MR) is 77.0 cm³/mol. The van der Waals surface area contributed by atoms with Gasteiger partial charge in [0.2, 0.25) is 0 Å².